The fraction of sp³-hybridized carbons (Fsp3) is 0.538. The zero-order valence-electron chi connectivity index (χ0n) is 11.7. The van der Waals surface area contributed by atoms with Crippen molar-refractivity contribution in [1.29, 1.82) is 0 Å². The fourth-order valence-electron chi connectivity index (χ4n) is 2.45. The minimum atomic E-state index is -1.09. The lowest BCUT2D eigenvalue weighted by Crippen LogP contribution is -2.34. The first-order valence-electron chi connectivity index (χ1n) is 6.62. The molecule has 2 heterocycles. The van der Waals surface area contributed by atoms with Gasteiger partial charge in [-0.25, -0.2) is 9.59 Å². The van der Waals surface area contributed by atoms with E-state index in [-0.39, 0.29) is 17.4 Å². The van der Waals surface area contributed by atoms with Crippen LogP contribution in [0.5, 0.6) is 0 Å². The highest BCUT2D eigenvalue weighted by atomic mass is 16.4. The Morgan fingerprint density at radius 2 is 2.30 bits per heavy atom. The molecular formula is C13H20N4O3. The normalized spacial score (nSPS) is 19.0. The number of anilines is 1. The molecule has 1 aliphatic heterocycles. The number of aromatic amines is 1. The molecule has 1 aromatic heterocycles. The average Bonchev–Trinajstić information content (AvgIpc) is 2.93. The van der Waals surface area contributed by atoms with E-state index < -0.39 is 5.97 Å². The number of H-pyrrole nitrogens is 1. The Balaban J connectivity index is 1.87. The Labute approximate surface area is 117 Å². The Bertz CT molecular complexity index is 512. The Morgan fingerprint density at radius 1 is 1.55 bits per heavy atom. The monoisotopic (exact) mass is 280 g/mol. The maximum Gasteiger partial charge on any atom is 0.354 e. The first-order valence-corrected chi connectivity index (χ1v) is 6.62. The number of urea groups is 1. The predicted octanol–water partition coefficient (Wildman–Crippen LogP) is 1.09. The van der Waals surface area contributed by atoms with Crippen LogP contribution in [0.15, 0.2) is 6.07 Å². The molecule has 0 saturated carbocycles. The quantitative estimate of drug-likeness (QED) is 0.663. The number of hydrogen-bond acceptors (Lipinski definition) is 3. The van der Waals surface area contributed by atoms with E-state index in [9.17, 15) is 9.59 Å². The second-order valence-corrected chi connectivity index (χ2v) is 5.30. The topological polar surface area (TPSA) is 97.5 Å². The van der Waals surface area contributed by atoms with Crippen molar-refractivity contribution in [1.82, 2.24) is 15.2 Å². The van der Waals surface area contributed by atoms with Gasteiger partial charge in [-0.3, -0.25) is 0 Å². The molecule has 0 aromatic carbocycles. The maximum absolute atomic E-state index is 11.8. The summed E-state index contributed by atoms with van der Waals surface area (Å²) in [7, 11) is 2.06. The van der Waals surface area contributed by atoms with E-state index in [0.29, 0.717) is 18.2 Å². The Hall–Kier alpha value is -2.02. The zero-order valence-corrected chi connectivity index (χ0v) is 11.7. The van der Waals surface area contributed by atoms with Crippen LogP contribution in [-0.4, -0.2) is 53.7 Å². The van der Waals surface area contributed by atoms with Crippen molar-refractivity contribution < 1.29 is 14.7 Å². The lowest BCUT2D eigenvalue weighted by atomic mass is 10.1. The number of aromatic nitrogens is 1. The van der Waals surface area contributed by atoms with Crippen LogP contribution in [0.4, 0.5) is 10.5 Å². The molecule has 1 aromatic rings. The highest BCUT2D eigenvalue weighted by Crippen LogP contribution is 2.17. The second kappa shape index (κ2) is 5.96. The number of carboxylic acid groups (broad SMARTS) is 1. The van der Waals surface area contributed by atoms with Crippen molar-refractivity contribution in [3.8, 4) is 0 Å². The maximum atomic E-state index is 11.8. The number of aryl methyl sites for hydroxylation is 1. The van der Waals surface area contributed by atoms with Gasteiger partial charge in [0.2, 0.25) is 0 Å². The van der Waals surface area contributed by atoms with Crippen LogP contribution in [0.3, 0.4) is 0 Å². The van der Waals surface area contributed by atoms with Crippen LogP contribution in [0, 0.1) is 12.8 Å². The van der Waals surface area contributed by atoms with Gasteiger partial charge in [0.05, 0.1) is 5.69 Å². The van der Waals surface area contributed by atoms with E-state index in [0.717, 1.165) is 19.5 Å². The van der Waals surface area contributed by atoms with E-state index in [1.54, 1.807) is 13.0 Å². The third-order valence-electron chi connectivity index (χ3n) is 3.45. The van der Waals surface area contributed by atoms with Crippen LogP contribution in [-0.2, 0) is 0 Å². The summed E-state index contributed by atoms with van der Waals surface area (Å²) >= 11 is 0. The molecule has 1 saturated heterocycles. The predicted molar refractivity (Wildman–Crippen MR) is 75.1 cm³/mol. The molecule has 0 bridgehead atoms. The van der Waals surface area contributed by atoms with Gasteiger partial charge in [-0.2, -0.15) is 0 Å². The number of nitrogens with zero attached hydrogens (tertiary/aromatic N) is 1. The summed E-state index contributed by atoms with van der Waals surface area (Å²) in [4.78, 5) is 27.7. The van der Waals surface area contributed by atoms with Gasteiger partial charge in [0.1, 0.15) is 5.69 Å². The molecule has 7 heteroatoms. The number of likely N-dealkylation sites (tertiary alicyclic amines) is 1. The van der Waals surface area contributed by atoms with E-state index >= 15 is 0 Å². The highest BCUT2D eigenvalue weighted by molar-refractivity contribution is 5.99. The van der Waals surface area contributed by atoms with Gasteiger partial charge in [-0.05, 0) is 38.9 Å². The number of rotatable bonds is 4. The number of carboxylic acids is 1. The lowest BCUT2D eigenvalue weighted by molar-refractivity contribution is 0.0692. The highest BCUT2D eigenvalue weighted by Gasteiger charge is 2.20. The van der Waals surface area contributed by atoms with Crippen LogP contribution in [0.1, 0.15) is 22.6 Å². The van der Waals surface area contributed by atoms with Crippen LogP contribution in [0.25, 0.3) is 0 Å². The van der Waals surface area contributed by atoms with Crippen molar-refractivity contribution in [3.63, 3.8) is 0 Å². The summed E-state index contributed by atoms with van der Waals surface area (Å²) in [6.07, 6.45) is 1.07. The van der Waals surface area contributed by atoms with Crippen molar-refractivity contribution in [2.24, 2.45) is 5.92 Å². The SMILES string of the molecule is Cc1cc(NC(=O)NCC2CCN(C)C2)c(C(=O)O)[nH]1. The number of hydrogen-bond donors (Lipinski definition) is 4. The first-order chi connectivity index (χ1) is 9.45. The van der Waals surface area contributed by atoms with Gasteiger partial charge >= 0.3 is 12.0 Å². The van der Waals surface area contributed by atoms with E-state index in [1.165, 1.54) is 0 Å². The standard InChI is InChI=1S/C13H20N4O3/c1-8-5-10(11(15-8)12(18)19)16-13(20)14-6-9-3-4-17(2)7-9/h5,9,15H,3-4,6-7H2,1-2H3,(H,18,19)(H2,14,16,20). The Kier molecular flexibility index (Phi) is 4.29. The molecule has 4 N–H and O–H groups in total. The third-order valence-corrected chi connectivity index (χ3v) is 3.45. The second-order valence-electron chi connectivity index (χ2n) is 5.30. The van der Waals surface area contributed by atoms with E-state index in [4.69, 9.17) is 5.11 Å². The Morgan fingerprint density at radius 3 is 2.90 bits per heavy atom. The summed E-state index contributed by atoms with van der Waals surface area (Å²) in [6, 6.07) is 1.23. The van der Waals surface area contributed by atoms with Gasteiger partial charge in [0, 0.05) is 18.8 Å². The molecule has 2 rings (SSSR count). The molecule has 1 atom stereocenters. The first kappa shape index (κ1) is 14.4. The number of carbonyl (C=O) groups is 2. The van der Waals surface area contributed by atoms with Crippen molar-refractivity contribution >= 4 is 17.7 Å². The third kappa shape index (κ3) is 3.51. The van der Waals surface area contributed by atoms with Gasteiger partial charge < -0.3 is 25.6 Å². The molecule has 0 radical (unpaired) electrons. The number of carbonyl (C=O) groups excluding carboxylic acids is 1. The largest absolute Gasteiger partial charge is 0.477 e. The van der Waals surface area contributed by atoms with Crippen LogP contribution >= 0.6 is 0 Å². The minimum absolute atomic E-state index is 0.00162. The zero-order chi connectivity index (χ0) is 14.7. The van der Waals surface area contributed by atoms with Crippen LogP contribution < -0.4 is 10.6 Å². The molecule has 0 spiro atoms. The summed E-state index contributed by atoms with van der Waals surface area (Å²) in [5.41, 5.74) is 0.976. The van der Waals surface area contributed by atoms with Gasteiger partial charge in [0.15, 0.2) is 0 Å². The molecule has 1 unspecified atom stereocenters. The summed E-state index contributed by atoms with van der Waals surface area (Å²) in [5, 5.41) is 14.4. The van der Waals surface area contributed by atoms with E-state index in [1.807, 2.05) is 0 Å². The van der Waals surface area contributed by atoms with Gasteiger partial charge in [-0.15, -0.1) is 0 Å². The number of amides is 2. The molecule has 1 fully saturated rings. The fourth-order valence-corrected chi connectivity index (χ4v) is 2.45. The van der Waals surface area contributed by atoms with Crippen LogP contribution in [0.2, 0.25) is 0 Å². The summed E-state index contributed by atoms with van der Waals surface area (Å²) in [6.45, 7) is 4.37. The molecule has 7 nitrogen and oxygen atoms in total. The minimum Gasteiger partial charge on any atom is -0.477 e. The smallest absolute Gasteiger partial charge is 0.354 e. The molecule has 110 valence electrons. The molecule has 1 aliphatic rings. The summed E-state index contributed by atoms with van der Waals surface area (Å²) in [5.74, 6) is -0.636. The number of nitrogens with one attached hydrogen (secondary N) is 3. The molecule has 20 heavy (non-hydrogen) atoms. The molecular weight excluding hydrogens is 260 g/mol. The van der Waals surface area contributed by atoms with Gasteiger partial charge in [0.25, 0.3) is 0 Å². The van der Waals surface area contributed by atoms with E-state index in [2.05, 4.69) is 27.6 Å². The van der Waals surface area contributed by atoms with Crippen molar-refractivity contribution in [2.45, 2.75) is 13.3 Å². The molecule has 2 amide bonds. The van der Waals surface area contributed by atoms with Crippen molar-refractivity contribution in [3.05, 3.63) is 17.5 Å². The lowest BCUT2D eigenvalue weighted by Gasteiger charge is -2.12. The number of aromatic carboxylic acids is 1. The molecule has 0 aliphatic carbocycles. The van der Waals surface area contributed by atoms with Gasteiger partial charge in [-0.1, -0.05) is 0 Å². The van der Waals surface area contributed by atoms with Crippen molar-refractivity contribution in [2.75, 3.05) is 32.0 Å². The summed E-state index contributed by atoms with van der Waals surface area (Å²) < 4.78 is 0. The average molecular weight is 280 g/mol.